The van der Waals surface area contributed by atoms with Gasteiger partial charge in [0.1, 0.15) is 0 Å². The molecule has 0 radical (unpaired) electrons. The summed E-state index contributed by atoms with van der Waals surface area (Å²) in [7, 11) is 0. The molecular weight excluding hydrogens is 240 g/mol. The van der Waals surface area contributed by atoms with Crippen LogP contribution in [-0.2, 0) is 0 Å². The van der Waals surface area contributed by atoms with Gasteiger partial charge in [0.05, 0.1) is 0 Å². The van der Waals surface area contributed by atoms with Crippen molar-refractivity contribution in [2.24, 2.45) is 35.5 Å². The van der Waals surface area contributed by atoms with Gasteiger partial charge in [0.25, 0.3) is 0 Å². The van der Waals surface area contributed by atoms with Crippen LogP contribution < -0.4 is 0 Å². The van der Waals surface area contributed by atoms with Crippen LogP contribution in [0.3, 0.4) is 0 Å². The lowest BCUT2D eigenvalue weighted by Gasteiger charge is -2.37. The molecule has 0 N–H and O–H groups in total. The van der Waals surface area contributed by atoms with Crippen molar-refractivity contribution in [3.63, 3.8) is 0 Å². The third-order valence-corrected chi connectivity index (χ3v) is 7.66. The van der Waals surface area contributed by atoms with Gasteiger partial charge < -0.3 is 0 Å². The molecule has 0 aromatic heterocycles. The number of hydrogen-bond donors (Lipinski definition) is 0. The Kier molecular flexibility index (Phi) is 4.10. The zero-order chi connectivity index (χ0) is 13.4. The van der Waals surface area contributed by atoms with Crippen LogP contribution in [0, 0.1) is 35.5 Å². The molecule has 4 aliphatic rings. The SMILES string of the molecule is C1CCC(CC2CCC3C(C2)CC2CCCCC23)CC1. The average Bonchev–Trinajstić information content (AvgIpc) is 2.86. The van der Waals surface area contributed by atoms with Crippen molar-refractivity contribution in [2.75, 3.05) is 0 Å². The van der Waals surface area contributed by atoms with Crippen molar-refractivity contribution in [2.45, 2.75) is 89.9 Å². The van der Waals surface area contributed by atoms with Gasteiger partial charge in [-0.1, -0.05) is 57.8 Å². The molecule has 0 heterocycles. The van der Waals surface area contributed by atoms with E-state index in [1.807, 2.05) is 0 Å². The van der Waals surface area contributed by atoms with Gasteiger partial charge in [0, 0.05) is 0 Å². The minimum Gasteiger partial charge on any atom is -0.0533 e. The van der Waals surface area contributed by atoms with E-state index in [4.69, 9.17) is 0 Å². The first-order valence-electron chi connectivity index (χ1n) is 9.90. The molecule has 0 amide bonds. The molecule has 20 heavy (non-hydrogen) atoms. The lowest BCUT2D eigenvalue weighted by Crippen LogP contribution is -2.27. The minimum atomic E-state index is 1.12. The summed E-state index contributed by atoms with van der Waals surface area (Å²) in [5, 5.41) is 0. The Balaban J connectivity index is 1.33. The maximum atomic E-state index is 1.64. The van der Waals surface area contributed by atoms with Gasteiger partial charge in [-0.15, -0.1) is 0 Å². The molecule has 0 spiro atoms. The fraction of sp³-hybridized carbons (Fsp3) is 1.00. The molecule has 4 aliphatic carbocycles. The Morgan fingerprint density at radius 1 is 0.500 bits per heavy atom. The van der Waals surface area contributed by atoms with Gasteiger partial charge in [-0.05, 0) is 67.6 Å². The molecule has 5 unspecified atom stereocenters. The van der Waals surface area contributed by atoms with Crippen LogP contribution in [0.15, 0.2) is 0 Å². The highest BCUT2D eigenvalue weighted by Gasteiger charge is 2.46. The third kappa shape index (κ3) is 2.69. The van der Waals surface area contributed by atoms with Gasteiger partial charge in [0.2, 0.25) is 0 Å². The highest BCUT2D eigenvalue weighted by atomic mass is 14.5. The molecular formula is C20H34. The molecule has 0 aromatic carbocycles. The van der Waals surface area contributed by atoms with Crippen LogP contribution in [0.25, 0.3) is 0 Å². The summed E-state index contributed by atoms with van der Waals surface area (Å²) in [6.07, 6.45) is 22.1. The van der Waals surface area contributed by atoms with Gasteiger partial charge in [-0.3, -0.25) is 0 Å². The zero-order valence-electron chi connectivity index (χ0n) is 13.4. The lowest BCUT2D eigenvalue weighted by atomic mass is 9.68. The molecule has 0 aromatic rings. The Labute approximate surface area is 126 Å². The van der Waals surface area contributed by atoms with Crippen LogP contribution in [0.2, 0.25) is 0 Å². The van der Waals surface area contributed by atoms with Crippen LogP contribution in [-0.4, -0.2) is 0 Å². The average molecular weight is 274 g/mol. The molecule has 4 rings (SSSR count). The van der Waals surface area contributed by atoms with Gasteiger partial charge in [-0.25, -0.2) is 0 Å². The molecule has 114 valence electrons. The standard InChI is InChI=1S/C20H34/c1-2-6-15(7-3-1)12-16-10-11-20-18(13-16)14-17-8-4-5-9-19(17)20/h15-20H,1-14H2. The Bertz CT molecular complexity index is 314. The summed E-state index contributed by atoms with van der Waals surface area (Å²) >= 11 is 0. The molecule has 0 bridgehead atoms. The number of hydrogen-bond acceptors (Lipinski definition) is 0. The van der Waals surface area contributed by atoms with Crippen molar-refractivity contribution < 1.29 is 0 Å². The summed E-state index contributed by atoms with van der Waals surface area (Å²) in [6, 6.07) is 0. The first-order chi connectivity index (χ1) is 9.90. The second kappa shape index (κ2) is 6.01. The second-order valence-electron chi connectivity index (χ2n) is 8.79. The maximum absolute atomic E-state index is 1.64. The first-order valence-corrected chi connectivity index (χ1v) is 9.90. The van der Waals surface area contributed by atoms with E-state index < -0.39 is 0 Å². The predicted octanol–water partition coefficient (Wildman–Crippen LogP) is 6.20. The van der Waals surface area contributed by atoms with E-state index in [9.17, 15) is 0 Å². The van der Waals surface area contributed by atoms with Crippen LogP contribution in [0.5, 0.6) is 0 Å². The van der Waals surface area contributed by atoms with E-state index in [0.29, 0.717) is 0 Å². The van der Waals surface area contributed by atoms with Crippen molar-refractivity contribution in [1.29, 1.82) is 0 Å². The highest BCUT2D eigenvalue weighted by molar-refractivity contribution is 4.96. The monoisotopic (exact) mass is 274 g/mol. The molecule has 5 atom stereocenters. The Morgan fingerprint density at radius 2 is 1.25 bits per heavy atom. The number of rotatable bonds is 2. The zero-order valence-corrected chi connectivity index (χ0v) is 13.4. The van der Waals surface area contributed by atoms with Crippen LogP contribution in [0.1, 0.15) is 89.9 Å². The van der Waals surface area contributed by atoms with Gasteiger partial charge in [0.15, 0.2) is 0 Å². The summed E-state index contributed by atoms with van der Waals surface area (Å²) < 4.78 is 0. The molecule has 4 saturated carbocycles. The fourth-order valence-electron chi connectivity index (χ4n) is 6.81. The van der Waals surface area contributed by atoms with E-state index in [2.05, 4.69) is 0 Å². The van der Waals surface area contributed by atoms with E-state index in [-0.39, 0.29) is 0 Å². The largest absolute Gasteiger partial charge is 0.0533 e. The van der Waals surface area contributed by atoms with Crippen molar-refractivity contribution in [3.8, 4) is 0 Å². The summed E-state index contributed by atoms with van der Waals surface area (Å²) in [5.74, 6) is 6.90. The summed E-state index contributed by atoms with van der Waals surface area (Å²) in [5.41, 5.74) is 0. The molecule has 0 heteroatoms. The molecule has 4 fully saturated rings. The van der Waals surface area contributed by atoms with E-state index in [1.165, 1.54) is 31.1 Å². The summed E-state index contributed by atoms with van der Waals surface area (Å²) in [6.45, 7) is 0. The Hall–Kier alpha value is 0. The Morgan fingerprint density at radius 3 is 2.15 bits per heavy atom. The summed E-state index contributed by atoms with van der Waals surface area (Å²) in [4.78, 5) is 0. The van der Waals surface area contributed by atoms with Crippen LogP contribution in [0.4, 0.5) is 0 Å². The topological polar surface area (TPSA) is 0 Å². The van der Waals surface area contributed by atoms with Crippen molar-refractivity contribution in [1.82, 2.24) is 0 Å². The molecule has 0 aliphatic heterocycles. The third-order valence-electron chi connectivity index (χ3n) is 7.66. The fourth-order valence-corrected chi connectivity index (χ4v) is 6.81. The second-order valence-corrected chi connectivity index (χ2v) is 8.79. The maximum Gasteiger partial charge on any atom is -0.0354 e. The molecule has 0 nitrogen and oxygen atoms in total. The first kappa shape index (κ1) is 13.6. The van der Waals surface area contributed by atoms with Crippen LogP contribution >= 0.6 is 0 Å². The lowest BCUT2D eigenvalue weighted by molar-refractivity contribution is 0.134. The smallest absolute Gasteiger partial charge is 0.0354 e. The van der Waals surface area contributed by atoms with E-state index >= 15 is 0 Å². The number of fused-ring (bicyclic) bond motifs is 3. The highest BCUT2D eigenvalue weighted by Crippen LogP contribution is 2.55. The van der Waals surface area contributed by atoms with E-state index in [1.54, 1.807) is 70.6 Å². The van der Waals surface area contributed by atoms with Crippen molar-refractivity contribution >= 4 is 0 Å². The minimum absolute atomic E-state index is 1.12. The molecule has 0 saturated heterocycles. The predicted molar refractivity (Wildman–Crippen MR) is 85.6 cm³/mol. The van der Waals surface area contributed by atoms with Gasteiger partial charge >= 0.3 is 0 Å². The van der Waals surface area contributed by atoms with Crippen molar-refractivity contribution in [3.05, 3.63) is 0 Å². The quantitative estimate of drug-likeness (QED) is 0.562. The van der Waals surface area contributed by atoms with Gasteiger partial charge in [-0.2, -0.15) is 0 Å². The normalized spacial score (nSPS) is 45.9. The van der Waals surface area contributed by atoms with E-state index in [0.717, 1.165) is 23.7 Å².